The molecule has 0 atom stereocenters. The highest BCUT2D eigenvalue weighted by Crippen LogP contribution is 2.25. The zero-order valence-electron chi connectivity index (χ0n) is 12.5. The summed E-state index contributed by atoms with van der Waals surface area (Å²) >= 11 is 3.44. The van der Waals surface area contributed by atoms with Gasteiger partial charge in [-0.3, -0.25) is 0 Å². The quantitative estimate of drug-likeness (QED) is 0.820. The molecule has 0 aliphatic carbocycles. The van der Waals surface area contributed by atoms with Crippen LogP contribution < -0.4 is 10.1 Å². The lowest BCUT2D eigenvalue weighted by molar-refractivity contribution is 0.0525. The van der Waals surface area contributed by atoms with Crippen LogP contribution >= 0.6 is 15.9 Å². The Bertz CT molecular complexity index is 455. The van der Waals surface area contributed by atoms with Gasteiger partial charge in [-0.2, -0.15) is 0 Å². The molecule has 1 aromatic carbocycles. The first-order valence-electron chi connectivity index (χ1n) is 6.64. The molecule has 5 heteroatoms. The van der Waals surface area contributed by atoms with Crippen LogP contribution in [0.4, 0.5) is 4.79 Å². The molecule has 0 saturated carbocycles. The van der Waals surface area contributed by atoms with E-state index in [1.165, 1.54) is 0 Å². The van der Waals surface area contributed by atoms with Crippen LogP contribution in [0.2, 0.25) is 0 Å². The summed E-state index contributed by atoms with van der Waals surface area (Å²) in [6.07, 6.45) is 0.328. The summed E-state index contributed by atoms with van der Waals surface area (Å²) in [6.45, 7) is 8.60. The predicted molar refractivity (Wildman–Crippen MR) is 83.2 cm³/mol. The molecule has 0 aromatic heterocycles. The highest BCUT2D eigenvalue weighted by atomic mass is 79.9. The lowest BCUT2D eigenvalue weighted by atomic mass is 10.2. The lowest BCUT2D eigenvalue weighted by Gasteiger charge is -2.19. The SMILES string of the molecule is Cc1ccc(Br)c(OCCCNC(=O)OC(C)(C)C)c1. The number of nitrogens with one attached hydrogen (secondary N) is 1. The second-order valence-corrected chi connectivity index (χ2v) is 6.42. The van der Waals surface area contributed by atoms with Crippen molar-refractivity contribution in [3.05, 3.63) is 28.2 Å². The van der Waals surface area contributed by atoms with E-state index >= 15 is 0 Å². The third-order valence-corrected chi connectivity index (χ3v) is 2.99. The van der Waals surface area contributed by atoms with Crippen LogP contribution in [0, 0.1) is 6.92 Å². The van der Waals surface area contributed by atoms with E-state index in [9.17, 15) is 4.79 Å². The second-order valence-electron chi connectivity index (χ2n) is 5.56. The number of aryl methyl sites for hydroxylation is 1. The third kappa shape index (κ3) is 6.80. The first-order chi connectivity index (χ1) is 9.28. The zero-order valence-corrected chi connectivity index (χ0v) is 14.0. The smallest absolute Gasteiger partial charge is 0.407 e. The van der Waals surface area contributed by atoms with Gasteiger partial charge in [-0.05, 0) is 67.7 Å². The Labute approximate surface area is 129 Å². The summed E-state index contributed by atoms with van der Waals surface area (Å²) in [5.41, 5.74) is 0.683. The van der Waals surface area contributed by atoms with Crippen LogP contribution in [0.25, 0.3) is 0 Å². The Kier molecular flexibility index (Phi) is 6.33. The fraction of sp³-hybridized carbons (Fsp3) is 0.533. The van der Waals surface area contributed by atoms with Gasteiger partial charge >= 0.3 is 6.09 Å². The minimum Gasteiger partial charge on any atom is -0.492 e. The number of halogens is 1. The molecule has 0 heterocycles. The highest BCUT2D eigenvalue weighted by Gasteiger charge is 2.15. The summed E-state index contributed by atoms with van der Waals surface area (Å²) < 4.78 is 11.7. The van der Waals surface area contributed by atoms with Gasteiger partial charge in [-0.25, -0.2) is 4.79 Å². The van der Waals surface area contributed by atoms with Gasteiger partial charge in [0.25, 0.3) is 0 Å². The fourth-order valence-corrected chi connectivity index (χ4v) is 1.84. The minimum absolute atomic E-state index is 0.394. The largest absolute Gasteiger partial charge is 0.492 e. The average Bonchev–Trinajstić information content (AvgIpc) is 2.30. The zero-order chi connectivity index (χ0) is 15.2. The summed E-state index contributed by atoms with van der Waals surface area (Å²) in [6, 6.07) is 5.95. The van der Waals surface area contributed by atoms with Crippen molar-refractivity contribution in [3.8, 4) is 5.75 Å². The number of hydrogen-bond donors (Lipinski definition) is 1. The van der Waals surface area contributed by atoms with Crippen molar-refractivity contribution in [1.29, 1.82) is 0 Å². The predicted octanol–water partition coefficient (Wildman–Crippen LogP) is 4.05. The topological polar surface area (TPSA) is 47.6 Å². The number of hydrogen-bond acceptors (Lipinski definition) is 3. The third-order valence-electron chi connectivity index (χ3n) is 2.33. The van der Waals surface area contributed by atoms with Gasteiger partial charge in [-0.1, -0.05) is 6.07 Å². The van der Waals surface area contributed by atoms with Crippen LogP contribution in [0.3, 0.4) is 0 Å². The van der Waals surface area contributed by atoms with E-state index in [1.807, 2.05) is 45.9 Å². The Morgan fingerprint density at radius 1 is 1.35 bits per heavy atom. The summed E-state index contributed by atoms with van der Waals surface area (Å²) in [7, 11) is 0. The molecule has 20 heavy (non-hydrogen) atoms. The number of carbonyl (C=O) groups excluding carboxylic acids is 1. The van der Waals surface area contributed by atoms with E-state index in [1.54, 1.807) is 0 Å². The molecular formula is C15H22BrNO3. The molecule has 112 valence electrons. The van der Waals surface area contributed by atoms with E-state index in [4.69, 9.17) is 9.47 Å². The molecule has 0 saturated heterocycles. The summed E-state index contributed by atoms with van der Waals surface area (Å²) in [5, 5.41) is 2.70. The standard InChI is InChI=1S/C15H22BrNO3/c1-11-6-7-12(16)13(10-11)19-9-5-8-17-14(18)20-15(2,3)4/h6-7,10H,5,8-9H2,1-4H3,(H,17,18). The number of benzene rings is 1. The van der Waals surface area contributed by atoms with Gasteiger partial charge < -0.3 is 14.8 Å². The number of amides is 1. The molecule has 1 rings (SSSR count). The van der Waals surface area contributed by atoms with Crippen LogP contribution in [0.15, 0.2) is 22.7 Å². The van der Waals surface area contributed by atoms with Crippen LogP contribution in [0.1, 0.15) is 32.8 Å². The van der Waals surface area contributed by atoms with Crippen molar-refractivity contribution in [2.45, 2.75) is 39.7 Å². The van der Waals surface area contributed by atoms with Crippen LogP contribution in [-0.2, 0) is 4.74 Å². The normalized spacial score (nSPS) is 11.1. The van der Waals surface area contributed by atoms with Gasteiger partial charge in [0.15, 0.2) is 0 Å². The Morgan fingerprint density at radius 2 is 2.05 bits per heavy atom. The number of ether oxygens (including phenoxy) is 2. The minimum atomic E-state index is -0.465. The highest BCUT2D eigenvalue weighted by molar-refractivity contribution is 9.10. The van der Waals surface area contributed by atoms with E-state index in [2.05, 4.69) is 21.2 Å². The first-order valence-corrected chi connectivity index (χ1v) is 7.43. The molecule has 1 N–H and O–H groups in total. The summed E-state index contributed by atoms with van der Waals surface area (Å²) in [4.78, 5) is 11.4. The van der Waals surface area contributed by atoms with E-state index in [-0.39, 0.29) is 0 Å². The Morgan fingerprint density at radius 3 is 2.70 bits per heavy atom. The van der Waals surface area contributed by atoms with E-state index in [0.717, 1.165) is 22.2 Å². The van der Waals surface area contributed by atoms with E-state index < -0.39 is 11.7 Å². The molecule has 1 amide bonds. The van der Waals surface area contributed by atoms with Gasteiger partial charge in [0, 0.05) is 6.54 Å². The average molecular weight is 344 g/mol. The van der Waals surface area contributed by atoms with Crippen molar-refractivity contribution < 1.29 is 14.3 Å². The second kappa shape index (κ2) is 7.53. The van der Waals surface area contributed by atoms with Crippen molar-refractivity contribution in [3.63, 3.8) is 0 Å². The number of carbonyl (C=O) groups is 1. The van der Waals surface area contributed by atoms with Gasteiger partial charge in [0.2, 0.25) is 0 Å². The number of alkyl carbamates (subject to hydrolysis) is 1. The molecular weight excluding hydrogens is 322 g/mol. The molecule has 0 fully saturated rings. The molecule has 0 spiro atoms. The first kappa shape index (κ1) is 16.8. The van der Waals surface area contributed by atoms with Crippen LogP contribution in [0.5, 0.6) is 5.75 Å². The molecule has 1 aromatic rings. The summed E-state index contributed by atoms with van der Waals surface area (Å²) in [5.74, 6) is 0.822. The van der Waals surface area contributed by atoms with Crippen molar-refractivity contribution >= 4 is 22.0 Å². The van der Waals surface area contributed by atoms with Crippen molar-refractivity contribution in [1.82, 2.24) is 5.32 Å². The van der Waals surface area contributed by atoms with Gasteiger partial charge in [0.1, 0.15) is 11.4 Å². The molecule has 0 bridgehead atoms. The van der Waals surface area contributed by atoms with Crippen LogP contribution in [-0.4, -0.2) is 24.8 Å². The Balaban J connectivity index is 2.22. The lowest BCUT2D eigenvalue weighted by Crippen LogP contribution is -2.33. The van der Waals surface area contributed by atoms with E-state index in [0.29, 0.717) is 13.2 Å². The Hall–Kier alpha value is -1.23. The molecule has 4 nitrogen and oxygen atoms in total. The fourth-order valence-electron chi connectivity index (χ4n) is 1.48. The van der Waals surface area contributed by atoms with Crippen molar-refractivity contribution in [2.75, 3.05) is 13.2 Å². The molecule has 0 unspecified atom stereocenters. The number of rotatable bonds is 5. The monoisotopic (exact) mass is 343 g/mol. The maximum Gasteiger partial charge on any atom is 0.407 e. The maximum atomic E-state index is 11.4. The maximum absolute atomic E-state index is 11.4. The molecule has 0 aliphatic heterocycles. The molecule has 0 radical (unpaired) electrons. The van der Waals surface area contributed by atoms with Gasteiger partial charge in [0.05, 0.1) is 11.1 Å². The van der Waals surface area contributed by atoms with Crippen molar-refractivity contribution in [2.24, 2.45) is 0 Å². The van der Waals surface area contributed by atoms with Gasteiger partial charge in [-0.15, -0.1) is 0 Å². The molecule has 0 aliphatic rings.